The number of hydrogen-bond acceptors (Lipinski definition) is 6. The van der Waals surface area contributed by atoms with Crippen molar-refractivity contribution in [3.05, 3.63) is 5.82 Å². The predicted molar refractivity (Wildman–Crippen MR) is 59.5 cm³/mol. The van der Waals surface area contributed by atoms with E-state index in [0.29, 0.717) is 11.8 Å². The first-order valence-electron chi connectivity index (χ1n) is 5.83. The number of nitrogens with zero attached hydrogens (tertiary/aromatic N) is 4. The highest BCUT2D eigenvalue weighted by Crippen LogP contribution is 2.15. The lowest BCUT2D eigenvalue weighted by Crippen LogP contribution is -2.61. The molecule has 0 bridgehead atoms. The second-order valence-corrected chi connectivity index (χ2v) is 4.46. The van der Waals surface area contributed by atoms with Crippen molar-refractivity contribution in [3.63, 3.8) is 0 Å². The minimum absolute atomic E-state index is 0.670. The van der Waals surface area contributed by atoms with Crippen LogP contribution < -0.4 is 10.2 Å². The average Bonchev–Trinajstić information content (AvgIpc) is 2.63. The number of nitrogens with one attached hydrogen (secondary N) is 1. The van der Waals surface area contributed by atoms with Crippen LogP contribution in [0.15, 0.2) is 4.52 Å². The lowest BCUT2D eigenvalue weighted by atomic mass is 10.1. The maximum atomic E-state index is 5.17. The molecule has 2 aliphatic rings. The topological polar surface area (TPSA) is 57.4 Å². The third-order valence-corrected chi connectivity index (χ3v) is 3.38. The molecule has 6 nitrogen and oxygen atoms in total. The molecule has 0 atom stereocenters. The van der Waals surface area contributed by atoms with Crippen LogP contribution in [0.4, 0.5) is 6.01 Å². The number of rotatable bonds is 2. The van der Waals surface area contributed by atoms with Gasteiger partial charge in [-0.05, 0) is 6.92 Å². The molecule has 2 fully saturated rings. The lowest BCUT2D eigenvalue weighted by Gasteiger charge is -2.42. The van der Waals surface area contributed by atoms with Gasteiger partial charge in [-0.15, -0.1) is 0 Å². The van der Waals surface area contributed by atoms with E-state index in [0.717, 1.165) is 45.3 Å². The molecule has 0 saturated carbocycles. The van der Waals surface area contributed by atoms with Gasteiger partial charge >= 0.3 is 6.01 Å². The van der Waals surface area contributed by atoms with Gasteiger partial charge in [-0.2, -0.15) is 4.98 Å². The zero-order valence-electron chi connectivity index (χ0n) is 9.52. The molecular weight excluding hydrogens is 206 g/mol. The van der Waals surface area contributed by atoms with E-state index in [1.54, 1.807) is 0 Å². The van der Waals surface area contributed by atoms with Crippen LogP contribution in [0.5, 0.6) is 0 Å². The van der Waals surface area contributed by atoms with Gasteiger partial charge in [0.25, 0.3) is 0 Å². The Morgan fingerprint density at radius 3 is 2.50 bits per heavy atom. The fourth-order valence-corrected chi connectivity index (χ4v) is 2.22. The summed E-state index contributed by atoms with van der Waals surface area (Å²) in [4.78, 5) is 8.96. The summed E-state index contributed by atoms with van der Waals surface area (Å²) >= 11 is 0. The van der Waals surface area contributed by atoms with Gasteiger partial charge in [0.2, 0.25) is 0 Å². The second kappa shape index (κ2) is 4.03. The van der Waals surface area contributed by atoms with Crippen LogP contribution in [0.1, 0.15) is 5.82 Å². The first-order chi connectivity index (χ1) is 7.83. The molecule has 6 heteroatoms. The maximum absolute atomic E-state index is 5.17. The number of piperazine rings is 1. The molecule has 1 aromatic rings. The third-order valence-electron chi connectivity index (χ3n) is 3.38. The summed E-state index contributed by atoms with van der Waals surface area (Å²) in [5.41, 5.74) is 0. The number of aromatic nitrogens is 2. The van der Waals surface area contributed by atoms with Crippen molar-refractivity contribution < 1.29 is 4.52 Å². The van der Waals surface area contributed by atoms with Gasteiger partial charge in [-0.3, -0.25) is 4.90 Å². The first-order valence-corrected chi connectivity index (χ1v) is 5.83. The summed E-state index contributed by atoms with van der Waals surface area (Å²) in [5.74, 6) is 0.709. The number of aryl methyl sites for hydroxylation is 1. The van der Waals surface area contributed by atoms with Gasteiger partial charge in [0, 0.05) is 45.3 Å². The Bertz CT molecular complexity index is 354. The standard InChI is InChI=1S/C10H17N5O/c1-8-12-10(16-13-8)15-4-2-14(3-5-15)9-6-11-7-9/h9,11H,2-7H2,1H3. The van der Waals surface area contributed by atoms with Crippen molar-refractivity contribution in [2.45, 2.75) is 13.0 Å². The Balaban J connectivity index is 1.57. The van der Waals surface area contributed by atoms with Gasteiger partial charge in [-0.25, -0.2) is 0 Å². The molecule has 1 aromatic heterocycles. The summed E-state index contributed by atoms with van der Waals surface area (Å²) in [5, 5.41) is 7.13. The predicted octanol–water partition coefficient (Wildman–Crippen LogP) is -0.528. The summed E-state index contributed by atoms with van der Waals surface area (Å²) in [6.07, 6.45) is 0. The SMILES string of the molecule is Cc1noc(N2CCN(C3CNC3)CC2)n1. The van der Waals surface area contributed by atoms with Crippen molar-refractivity contribution >= 4 is 6.01 Å². The normalized spacial score (nSPS) is 23.4. The van der Waals surface area contributed by atoms with Crippen molar-refractivity contribution in [3.8, 4) is 0 Å². The number of anilines is 1. The molecule has 2 aliphatic heterocycles. The third kappa shape index (κ3) is 1.78. The van der Waals surface area contributed by atoms with Gasteiger partial charge < -0.3 is 14.7 Å². The minimum atomic E-state index is 0.670. The van der Waals surface area contributed by atoms with Crippen LogP contribution in [-0.4, -0.2) is 60.4 Å². The molecule has 0 radical (unpaired) electrons. The average molecular weight is 223 g/mol. The molecular formula is C10H17N5O. The molecule has 0 aromatic carbocycles. The zero-order chi connectivity index (χ0) is 11.0. The molecule has 3 rings (SSSR count). The number of hydrogen-bond donors (Lipinski definition) is 1. The van der Waals surface area contributed by atoms with E-state index >= 15 is 0 Å². The van der Waals surface area contributed by atoms with Gasteiger partial charge in [-0.1, -0.05) is 5.16 Å². The van der Waals surface area contributed by atoms with E-state index in [1.807, 2.05) is 6.92 Å². The van der Waals surface area contributed by atoms with Crippen molar-refractivity contribution in [2.24, 2.45) is 0 Å². The van der Waals surface area contributed by atoms with Crippen molar-refractivity contribution in [1.29, 1.82) is 0 Å². The lowest BCUT2D eigenvalue weighted by molar-refractivity contribution is 0.136. The van der Waals surface area contributed by atoms with E-state index in [9.17, 15) is 0 Å². The van der Waals surface area contributed by atoms with E-state index in [2.05, 4.69) is 25.3 Å². The van der Waals surface area contributed by atoms with Gasteiger partial charge in [0.1, 0.15) is 0 Å². The molecule has 0 aliphatic carbocycles. The Morgan fingerprint density at radius 1 is 1.25 bits per heavy atom. The van der Waals surface area contributed by atoms with E-state index in [1.165, 1.54) is 0 Å². The van der Waals surface area contributed by atoms with Crippen LogP contribution in [-0.2, 0) is 0 Å². The highest BCUT2D eigenvalue weighted by atomic mass is 16.5. The molecule has 1 N–H and O–H groups in total. The van der Waals surface area contributed by atoms with Crippen LogP contribution in [0.25, 0.3) is 0 Å². The van der Waals surface area contributed by atoms with Crippen LogP contribution in [0.3, 0.4) is 0 Å². The first kappa shape index (κ1) is 10.0. The molecule has 88 valence electrons. The van der Waals surface area contributed by atoms with E-state index in [-0.39, 0.29) is 0 Å². The Kier molecular flexibility index (Phi) is 2.53. The quantitative estimate of drug-likeness (QED) is 0.727. The molecule has 0 amide bonds. The highest BCUT2D eigenvalue weighted by molar-refractivity contribution is 5.25. The summed E-state index contributed by atoms with van der Waals surface area (Å²) < 4.78 is 5.17. The van der Waals surface area contributed by atoms with Gasteiger partial charge in [0.05, 0.1) is 0 Å². The van der Waals surface area contributed by atoms with Crippen molar-refractivity contribution in [2.75, 3.05) is 44.2 Å². The fraction of sp³-hybridized carbons (Fsp3) is 0.800. The maximum Gasteiger partial charge on any atom is 0.324 e. The van der Waals surface area contributed by atoms with Crippen LogP contribution >= 0.6 is 0 Å². The van der Waals surface area contributed by atoms with Crippen molar-refractivity contribution in [1.82, 2.24) is 20.4 Å². The molecule has 0 spiro atoms. The van der Waals surface area contributed by atoms with E-state index < -0.39 is 0 Å². The highest BCUT2D eigenvalue weighted by Gasteiger charge is 2.28. The Hall–Kier alpha value is -1.14. The second-order valence-electron chi connectivity index (χ2n) is 4.46. The summed E-state index contributed by atoms with van der Waals surface area (Å²) in [6, 6.07) is 1.41. The van der Waals surface area contributed by atoms with E-state index in [4.69, 9.17) is 4.52 Å². The molecule has 16 heavy (non-hydrogen) atoms. The summed E-state index contributed by atoms with van der Waals surface area (Å²) in [6.45, 7) is 8.28. The zero-order valence-corrected chi connectivity index (χ0v) is 9.52. The fourth-order valence-electron chi connectivity index (χ4n) is 2.22. The Morgan fingerprint density at radius 2 is 2.00 bits per heavy atom. The van der Waals surface area contributed by atoms with Crippen LogP contribution in [0.2, 0.25) is 0 Å². The molecule has 0 unspecified atom stereocenters. The minimum Gasteiger partial charge on any atom is -0.322 e. The smallest absolute Gasteiger partial charge is 0.322 e. The summed E-state index contributed by atoms with van der Waals surface area (Å²) in [7, 11) is 0. The largest absolute Gasteiger partial charge is 0.324 e. The Labute approximate surface area is 94.6 Å². The van der Waals surface area contributed by atoms with Gasteiger partial charge in [0.15, 0.2) is 5.82 Å². The monoisotopic (exact) mass is 223 g/mol. The molecule has 2 saturated heterocycles. The van der Waals surface area contributed by atoms with Crippen LogP contribution in [0, 0.1) is 6.92 Å². The molecule has 3 heterocycles.